The third kappa shape index (κ3) is 3.65. The van der Waals surface area contributed by atoms with Crippen molar-refractivity contribution in [3.63, 3.8) is 0 Å². The summed E-state index contributed by atoms with van der Waals surface area (Å²) in [5.74, 6) is -0.409. The van der Waals surface area contributed by atoms with Gasteiger partial charge in [0, 0.05) is 5.69 Å². The van der Waals surface area contributed by atoms with Gasteiger partial charge in [0.1, 0.15) is 18.5 Å². The van der Waals surface area contributed by atoms with Crippen molar-refractivity contribution < 1.29 is 26.5 Å². The zero-order chi connectivity index (χ0) is 14.0. The molecule has 0 spiro atoms. The summed E-state index contributed by atoms with van der Waals surface area (Å²) < 4.78 is 44.0. The van der Waals surface area contributed by atoms with E-state index in [4.69, 9.17) is 4.74 Å². The summed E-state index contributed by atoms with van der Waals surface area (Å²) in [5, 5.41) is 0. The molecule has 0 aromatic heterocycles. The fourth-order valence-electron chi connectivity index (χ4n) is 1.64. The van der Waals surface area contributed by atoms with E-state index in [1.54, 1.807) is 0 Å². The summed E-state index contributed by atoms with van der Waals surface area (Å²) in [4.78, 5) is 12.9. The van der Waals surface area contributed by atoms with Crippen molar-refractivity contribution >= 4 is 21.9 Å². The van der Waals surface area contributed by atoms with Gasteiger partial charge in [-0.05, 0) is 24.3 Å². The predicted molar refractivity (Wildman–Crippen MR) is 64.8 cm³/mol. The summed E-state index contributed by atoms with van der Waals surface area (Å²) >= 11 is 0. The molecule has 0 N–H and O–H groups in total. The molecule has 1 unspecified atom stereocenters. The van der Waals surface area contributed by atoms with Crippen LogP contribution in [0.1, 0.15) is 0 Å². The van der Waals surface area contributed by atoms with Crippen LogP contribution >= 0.6 is 0 Å². The Bertz CT molecular complexity index is 571. The third-order valence-corrected chi connectivity index (χ3v) is 3.04. The Balaban J connectivity index is 2.01. The molecule has 6 nitrogen and oxygen atoms in total. The number of anilines is 1. The van der Waals surface area contributed by atoms with Gasteiger partial charge in [-0.15, -0.1) is 0 Å². The second-order valence-electron chi connectivity index (χ2n) is 4.08. The molecular formula is C11H12FNO5S. The van der Waals surface area contributed by atoms with Gasteiger partial charge in [0.15, 0.2) is 0 Å². The average molecular weight is 289 g/mol. The lowest BCUT2D eigenvalue weighted by Gasteiger charge is -2.12. The van der Waals surface area contributed by atoms with Crippen LogP contribution in [-0.4, -0.2) is 40.0 Å². The molecule has 0 bridgehead atoms. The lowest BCUT2D eigenvalue weighted by molar-refractivity contribution is 0.107. The van der Waals surface area contributed by atoms with E-state index in [0.29, 0.717) is 5.69 Å². The van der Waals surface area contributed by atoms with Crippen LogP contribution in [0.4, 0.5) is 14.9 Å². The van der Waals surface area contributed by atoms with Crippen molar-refractivity contribution in [2.45, 2.75) is 6.10 Å². The van der Waals surface area contributed by atoms with Crippen molar-refractivity contribution in [2.24, 2.45) is 0 Å². The smallest absolute Gasteiger partial charge is 0.414 e. The van der Waals surface area contributed by atoms with E-state index in [-0.39, 0.29) is 13.2 Å². The van der Waals surface area contributed by atoms with Gasteiger partial charge in [-0.25, -0.2) is 9.18 Å². The number of carbonyl (C=O) groups excluding carboxylic acids is 1. The Morgan fingerprint density at radius 1 is 1.42 bits per heavy atom. The monoisotopic (exact) mass is 289 g/mol. The van der Waals surface area contributed by atoms with Crippen molar-refractivity contribution in [2.75, 3.05) is 24.3 Å². The molecule has 0 saturated carbocycles. The Morgan fingerprint density at radius 2 is 2.05 bits per heavy atom. The van der Waals surface area contributed by atoms with Crippen LogP contribution in [0.3, 0.4) is 0 Å². The number of halogens is 1. The summed E-state index contributed by atoms with van der Waals surface area (Å²) in [6, 6.07) is 5.33. The number of rotatable bonds is 4. The first-order chi connectivity index (χ1) is 8.85. The highest BCUT2D eigenvalue weighted by molar-refractivity contribution is 7.85. The maximum atomic E-state index is 12.8. The van der Waals surface area contributed by atoms with Crippen molar-refractivity contribution in [3.8, 4) is 0 Å². The van der Waals surface area contributed by atoms with E-state index in [9.17, 15) is 17.6 Å². The van der Waals surface area contributed by atoms with Crippen LogP contribution in [0.5, 0.6) is 0 Å². The normalized spacial score (nSPS) is 19.6. The maximum absolute atomic E-state index is 12.8. The SMILES string of the molecule is CS(=O)(=O)OCC1CN(c2ccc(F)cc2)C(=O)O1. The lowest BCUT2D eigenvalue weighted by atomic mass is 10.3. The highest BCUT2D eigenvalue weighted by Gasteiger charge is 2.33. The third-order valence-electron chi connectivity index (χ3n) is 2.48. The molecular weight excluding hydrogens is 277 g/mol. The van der Waals surface area contributed by atoms with E-state index in [1.165, 1.54) is 29.2 Å². The maximum Gasteiger partial charge on any atom is 0.414 e. The van der Waals surface area contributed by atoms with E-state index in [2.05, 4.69) is 4.18 Å². The van der Waals surface area contributed by atoms with E-state index in [1.807, 2.05) is 0 Å². The minimum atomic E-state index is -3.58. The molecule has 1 aromatic carbocycles. The second-order valence-corrected chi connectivity index (χ2v) is 5.73. The topological polar surface area (TPSA) is 72.9 Å². The molecule has 1 aliphatic rings. The Labute approximate surface area is 109 Å². The first-order valence-electron chi connectivity index (χ1n) is 5.43. The largest absolute Gasteiger partial charge is 0.441 e. The zero-order valence-electron chi connectivity index (χ0n) is 10.1. The molecule has 19 heavy (non-hydrogen) atoms. The molecule has 1 atom stereocenters. The summed E-state index contributed by atoms with van der Waals surface area (Å²) in [6.45, 7) is -0.0811. The minimum absolute atomic E-state index is 0.153. The molecule has 0 radical (unpaired) electrons. The number of cyclic esters (lactones) is 1. The van der Waals surface area contributed by atoms with Crippen LogP contribution in [0, 0.1) is 5.82 Å². The van der Waals surface area contributed by atoms with E-state index >= 15 is 0 Å². The Hall–Kier alpha value is -1.67. The van der Waals surface area contributed by atoms with Crippen molar-refractivity contribution in [3.05, 3.63) is 30.1 Å². The lowest BCUT2D eigenvalue weighted by Crippen LogP contribution is -2.26. The first-order valence-corrected chi connectivity index (χ1v) is 7.25. The van der Waals surface area contributed by atoms with Gasteiger partial charge in [0.05, 0.1) is 12.8 Å². The van der Waals surface area contributed by atoms with E-state index < -0.39 is 28.1 Å². The van der Waals surface area contributed by atoms with Gasteiger partial charge >= 0.3 is 6.09 Å². The van der Waals surface area contributed by atoms with Crippen molar-refractivity contribution in [1.82, 2.24) is 0 Å². The number of benzene rings is 1. The molecule has 1 amide bonds. The predicted octanol–water partition coefficient (Wildman–Crippen LogP) is 1.13. The molecule has 1 heterocycles. The molecule has 1 fully saturated rings. The molecule has 1 saturated heterocycles. The van der Waals surface area contributed by atoms with Gasteiger partial charge in [0.2, 0.25) is 0 Å². The summed E-state index contributed by atoms with van der Waals surface area (Å²) in [7, 11) is -3.58. The molecule has 0 aliphatic carbocycles. The van der Waals surface area contributed by atoms with Gasteiger partial charge in [-0.3, -0.25) is 9.08 Å². The number of hydrogen-bond donors (Lipinski definition) is 0. The number of nitrogens with zero attached hydrogens (tertiary/aromatic N) is 1. The van der Waals surface area contributed by atoms with Crippen LogP contribution in [-0.2, 0) is 19.0 Å². The quantitative estimate of drug-likeness (QED) is 0.777. The van der Waals surface area contributed by atoms with E-state index in [0.717, 1.165) is 6.26 Å². The first kappa shape index (κ1) is 13.8. The minimum Gasteiger partial charge on any atom is -0.441 e. The van der Waals surface area contributed by atoms with Crippen molar-refractivity contribution in [1.29, 1.82) is 0 Å². The zero-order valence-corrected chi connectivity index (χ0v) is 10.9. The van der Waals surface area contributed by atoms with Gasteiger partial charge in [0.25, 0.3) is 10.1 Å². The standard InChI is InChI=1S/C11H12FNO5S/c1-19(15,16)17-7-10-6-13(11(14)18-10)9-4-2-8(12)3-5-9/h2-5,10H,6-7H2,1H3. The summed E-state index contributed by atoms with van der Waals surface area (Å²) in [6.07, 6.45) is -0.373. The van der Waals surface area contributed by atoms with Crippen LogP contribution < -0.4 is 4.90 Å². The second kappa shape index (κ2) is 5.14. The van der Waals surface area contributed by atoms with Crippen LogP contribution in [0.2, 0.25) is 0 Å². The summed E-state index contributed by atoms with van der Waals surface area (Å²) in [5.41, 5.74) is 0.480. The molecule has 104 valence electrons. The van der Waals surface area contributed by atoms with Crippen LogP contribution in [0.15, 0.2) is 24.3 Å². The van der Waals surface area contributed by atoms with Crippen LogP contribution in [0.25, 0.3) is 0 Å². The number of ether oxygens (including phenoxy) is 1. The molecule has 8 heteroatoms. The highest BCUT2D eigenvalue weighted by Crippen LogP contribution is 2.22. The van der Waals surface area contributed by atoms with Gasteiger partial charge in [-0.1, -0.05) is 0 Å². The molecule has 2 rings (SSSR count). The van der Waals surface area contributed by atoms with Gasteiger partial charge in [-0.2, -0.15) is 8.42 Å². The highest BCUT2D eigenvalue weighted by atomic mass is 32.2. The molecule has 1 aromatic rings. The fourth-order valence-corrected chi connectivity index (χ4v) is 2.04. The fraction of sp³-hybridized carbons (Fsp3) is 0.364. The number of carbonyl (C=O) groups is 1. The number of amides is 1. The molecule has 1 aliphatic heterocycles. The van der Waals surface area contributed by atoms with Gasteiger partial charge < -0.3 is 4.74 Å². The average Bonchev–Trinajstić information content (AvgIpc) is 2.68. The Morgan fingerprint density at radius 3 is 2.63 bits per heavy atom. The Kier molecular flexibility index (Phi) is 3.72. The number of hydrogen-bond acceptors (Lipinski definition) is 5.